The van der Waals surface area contributed by atoms with Crippen LogP contribution in [0.1, 0.15) is 12.5 Å². The molecule has 0 aliphatic rings. The molecule has 0 unspecified atom stereocenters. The molecule has 134 valence electrons. The number of nitrogens with zero attached hydrogens (tertiary/aromatic N) is 2. The summed E-state index contributed by atoms with van der Waals surface area (Å²) in [6.07, 6.45) is 0. The van der Waals surface area contributed by atoms with Gasteiger partial charge in [0.2, 0.25) is 5.91 Å². The number of hydrogen-bond donors (Lipinski definition) is 1. The van der Waals surface area contributed by atoms with Gasteiger partial charge >= 0.3 is 0 Å². The predicted molar refractivity (Wildman–Crippen MR) is 99.1 cm³/mol. The minimum absolute atomic E-state index is 0.133. The number of carbonyl (C=O) groups excluding carboxylic acids is 2. The van der Waals surface area contributed by atoms with Crippen molar-refractivity contribution in [3.63, 3.8) is 0 Å². The summed E-state index contributed by atoms with van der Waals surface area (Å²) in [6, 6.07) is 15.5. The van der Waals surface area contributed by atoms with Crippen LogP contribution in [0.2, 0.25) is 5.02 Å². The summed E-state index contributed by atoms with van der Waals surface area (Å²) in [5.41, 5.74) is 1.08. The molecular weight excluding hydrogens is 354 g/mol. The molecule has 2 rings (SSSR count). The maximum atomic E-state index is 11.9. The van der Waals surface area contributed by atoms with Crippen molar-refractivity contribution in [1.29, 1.82) is 5.26 Å². The summed E-state index contributed by atoms with van der Waals surface area (Å²) in [5, 5.41) is 12.3. The molecule has 26 heavy (non-hydrogen) atoms. The summed E-state index contributed by atoms with van der Waals surface area (Å²) in [4.78, 5) is 25.2. The van der Waals surface area contributed by atoms with Gasteiger partial charge in [-0.15, -0.1) is 0 Å². The molecule has 0 aliphatic carbocycles. The Balaban J connectivity index is 1.83. The maximum absolute atomic E-state index is 11.9. The van der Waals surface area contributed by atoms with E-state index in [-0.39, 0.29) is 31.5 Å². The van der Waals surface area contributed by atoms with Crippen molar-refractivity contribution >= 4 is 29.1 Å². The molecule has 7 heteroatoms. The highest BCUT2D eigenvalue weighted by Gasteiger charge is 2.12. The molecule has 0 spiro atoms. The Morgan fingerprint density at radius 2 is 1.96 bits per heavy atom. The molecule has 1 N–H and O–H groups in total. The first-order chi connectivity index (χ1) is 12.5. The molecule has 0 bridgehead atoms. The molecule has 0 aliphatic heterocycles. The molecular formula is C19H18ClN3O3. The SMILES string of the molecule is CC(=O)N(CCNC(=O)COc1ccc(Cl)cc1)c1cccc(C#N)c1. The molecule has 0 saturated carbocycles. The number of nitrogens with one attached hydrogen (secondary N) is 1. The standard InChI is InChI=1S/C19H18ClN3O3/c1-14(24)23(17-4-2-3-15(11-17)12-21)10-9-22-19(25)13-26-18-7-5-16(20)6-8-18/h2-8,11H,9-10,13H2,1H3,(H,22,25). The summed E-state index contributed by atoms with van der Waals surface area (Å²) in [6.45, 7) is 1.85. The number of carbonyl (C=O) groups is 2. The third kappa shape index (κ3) is 5.80. The van der Waals surface area contributed by atoms with Crippen LogP contribution in [0, 0.1) is 11.3 Å². The minimum Gasteiger partial charge on any atom is -0.484 e. The topological polar surface area (TPSA) is 82.4 Å². The molecule has 0 saturated heterocycles. The predicted octanol–water partition coefficient (Wildman–Crippen LogP) is 2.76. The van der Waals surface area contributed by atoms with Crippen LogP contribution in [-0.2, 0) is 9.59 Å². The van der Waals surface area contributed by atoms with Crippen LogP contribution in [0.5, 0.6) is 5.75 Å². The maximum Gasteiger partial charge on any atom is 0.258 e. The summed E-state index contributed by atoms with van der Waals surface area (Å²) >= 11 is 5.78. The minimum atomic E-state index is -0.297. The van der Waals surface area contributed by atoms with Crippen molar-refractivity contribution in [2.24, 2.45) is 0 Å². The number of anilines is 1. The fraction of sp³-hybridized carbons (Fsp3) is 0.211. The highest BCUT2D eigenvalue weighted by molar-refractivity contribution is 6.30. The van der Waals surface area contributed by atoms with E-state index in [1.807, 2.05) is 6.07 Å². The Morgan fingerprint density at radius 3 is 2.62 bits per heavy atom. The fourth-order valence-corrected chi connectivity index (χ4v) is 2.38. The molecule has 0 fully saturated rings. The van der Waals surface area contributed by atoms with Gasteiger partial charge in [0.15, 0.2) is 6.61 Å². The van der Waals surface area contributed by atoms with Gasteiger partial charge in [-0.1, -0.05) is 17.7 Å². The first-order valence-corrected chi connectivity index (χ1v) is 8.30. The Bertz CT molecular complexity index is 816. The average molecular weight is 372 g/mol. The van der Waals surface area contributed by atoms with Gasteiger partial charge in [0.25, 0.3) is 5.91 Å². The quantitative estimate of drug-likeness (QED) is 0.811. The second-order valence-corrected chi connectivity index (χ2v) is 5.86. The Morgan fingerprint density at radius 1 is 1.23 bits per heavy atom. The molecule has 6 nitrogen and oxygen atoms in total. The summed E-state index contributed by atoms with van der Waals surface area (Å²) in [7, 11) is 0. The van der Waals surface area contributed by atoms with Crippen LogP contribution < -0.4 is 15.0 Å². The third-order valence-electron chi connectivity index (χ3n) is 3.51. The number of benzene rings is 2. The van der Waals surface area contributed by atoms with Crippen LogP contribution in [0.4, 0.5) is 5.69 Å². The lowest BCUT2D eigenvalue weighted by molar-refractivity contribution is -0.123. The molecule has 2 amide bonds. The number of halogens is 1. The number of hydrogen-bond acceptors (Lipinski definition) is 4. The van der Waals surface area contributed by atoms with Crippen molar-refractivity contribution in [2.45, 2.75) is 6.92 Å². The van der Waals surface area contributed by atoms with Gasteiger partial charge in [-0.25, -0.2) is 0 Å². The van der Waals surface area contributed by atoms with E-state index >= 15 is 0 Å². The van der Waals surface area contributed by atoms with Gasteiger partial charge in [0.1, 0.15) is 5.75 Å². The Kier molecular flexibility index (Phi) is 7.01. The van der Waals surface area contributed by atoms with E-state index < -0.39 is 0 Å². The zero-order chi connectivity index (χ0) is 18.9. The highest BCUT2D eigenvalue weighted by Crippen LogP contribution is 2.16. The summed E-state index contributed by atoms with van der Waals surface area (Å²) < 4.78 is 5.36. The van der Waals surface area contributed by atoms with Gasteiger partial charge in [0, 0.05) is 30.7 Å². The Labute approximate surface area is 156 Å². The highest BCUT2D eigenvalue weighted by atomic mass is 35.5. The zero-order valence-electron chi connectivity index (χ0n) is 14.2. The van der Waals surface area contributed by atoms with Crippen molar-refractivity contribution in [3.8, 4) is 11.8 Å². The summed E-state index contributed by atoms with van der Waals surface area (Å²) in [5.74, 6) is 0.0733. The molecule has 0 atom stereocenters. The van der Waals surface area contributed by atoms with Gasteiger partial charge in [-0.3, -0.25) is 9.59 Å². The molecule has 0 radical (unpaired) electrons. The second-order valence-electron chi connectivity index (χ2n) is 5.43. The van der Waals surface area contributed by atoms with Gasteiger partial charge in [0.05, 0.1) is 11.6 Å². The lowest BCUT2D eigenvalue weighted by Gasteiger charge is -2.21. The second kappa shape index (κ2) is 9.44. The lowest BCUT2D eigenvalue weighted by atomic mass is 10.2. The molecule has 0 aromatic heterocycles. The number of ether oxygens (including phenoxy) is 1. The van der Waals surface area contributed by atoms with Crippen LogP contribution in [0.25, 0.3) is 0 Å². The number of amides is 2. The van der Waals surface area contributed by atoms with E-state index in [4.69, 9.17) is 21.6 Å². The third-order valence-corrected chi connectivity index (χ3v) is 3.76. The van der Waals surface area contributed by atoms with Crippen LogP contribution in [0.3, 0.4) is 0 Å². The van der Waals surface area contributed by atoms with E-state index in [0.29, 0.717) is 22.0 Å². The van der Waals surface area contributed by atoms with E-state index in [9.17, 15) is 9.59 Å². The van der Waals surface area contributed by atoms with Crippen molar-refractivity contribution in [3.05, 3.63) is 59.1 Å². The van der Waals surface area contributed by atoms with Crippen molar-refractivity contribution in [2.75, 3.05) is 24.6 Å². The molecule has 2 aromatic rings. The lowest BCUT2D eigenvalue weighted by Crippen LogP contribution is -2.39. The van der Waals surface area contributed by atoms with E-state index in [1.165, 1.54) is 11.8 Å². The molecule has 2 aromatic carbocycles. The van der Waals surface area contributed by atoms with Gasteiger partial charge in [-0.05, 0) is 42.5 Å². The largest absolute Gasteiger partial charge is 0.484 e. The van der Waals surface area contributed by atoms with E-state index in [2.05, 4.69) is 5.32 Å². The average Bonchev–Trinajstić information content (AvgIpc) is 2.64. The van der Waals surface area contributed by atoms with Crippen LogP contribution in [-0.4, -0.2) is 31.5 Å². The first kappa shape index (κ1) is 19.3. The Hall–Kier alpha value is -3.04. The normalized spacial score (nSPS) is 9.88. The monoisotopic (exact) mass is 371 g/mol. The molecule has 0 heterocycles. The zero-order valence-corrected chi connectivity index (χ0v) is 15.0. The van der Waals surface area contributed by atoms with Crippen LogP contribution in [0.15, 0.2) is 48.5 Å². The van der Waals surface area contributed by atoms with E-state index in [0.717, 1.165) is 0 Å². The number of nitriles is 1. The number of rotatable bonds is 7. The van der Waals surface area contributed by atoms with Gasteiger partial charge < -0.3 is 15.0 Å². The van der Waals surface area contributed by atoms with Crippen molar-refractivity contribution in [1.82, 2.24) is 5.32 Å². The van der Waals surface area contributed by atoms with E-state index in [1.54, 1.807) is 48.5 Å². The first-order valence-electron chi connectivity index (χ1n) is 7.93. The smallest absolute Gasteiger partial charge is 0.258 e. The van der Waals surface area contributed by atoms with Gasteiger partial charge in [-0.2, -0.15) is 5.26 Å². The van der Waals surface area contributed by atoms with Crippen molar-refractivity contribution < 1.29 is 14.3 Å². The fourth-order valence-electron chi connectivity index (χ4n) is 2.25. The van der Waals surface area contributed by atoms with Crippen LogP contribution >= 0.6 is 11.6 Å².